The first-order valence-corrected chi connectivity index (χ1v) is 8.89. The van der Waals surface area contributed by atoms with Crippen molar-refractivity contribution in [2.75, 3.05) is 6.54 Å². The number of hydrogen-bond acceptors (Lipinski definition) is 3. The molecule has 0 radical (unpaired) electrons. The number of hydrogen-bond donors (Lipinski definition) is 2. The summed E-state index contributed by atoms with van der Waals surface area (Å²) in [5, 5.41) is 9.71. The highest BCUT2D eigenvalue weighted by atomic mass is 35.5. The summed E-state index contributed by atoms with van der Waals surface area (Å²) in [7, 11) is 0. The zero-order chi connectivity index (χ0) is 17.8. The number of aromatic hydroxyl groups is 1. The molecule has 0 spiro atoms. The van der Waals surface area contributed by atoms with Crippen molar-refractivity contribution >= 4 is 17.5 Å². The van der Waals surface area contributed by atoms with Gasteiger partial charge < -0.3 is 15.0 Å². The van der Waals surface area contributed by atoms with Gasteiger partial charge in [0.25, 0.3) is 11.5 Å². The van der Waals surface area contributed by atoms with E-state index < -0.39 is 5.56 Å². The molecule has 1 aromatic carbocycles. The number of rotatable bonds is 4. The van der Waals surface area contributed by atoms with Crippen LogP contribution in [0.3, 0.4) is 0 Å². The molecule has 1 aliphatic heterocycles. The summed E-state index contributed by atoms with van der Waals surface area (Å²) >= 11 is 5.93. The molecule has 0 aliphatic carbocycles. The van der Waals surface area contributed by atoms with E-state index in [1.54, 1.807) is 12.1 Å². The third kappa shape index (κ3) is 4.23. The molecule has 1 atom stereocenters. The van der Waals surface area contributed by atoms with Crippen LogP contribution in [0, 0.1) is 0 Å². The second-order valence-electron chi connectivity index (χ2n) is 6.41. The number of phenolic OH excluding ortho intramolecular Hbond substituents is 1. The van der Waals surface area contributed by atoms with Crippen LogP contribution in [-0.4, -0.2) is 33.5 Å². The van der Waals surface area contributed by atoms with Gasteiger partial charge in [0.1, 0.15) is 11.3 Å². The summed E-state index contributed by atoms with van der Waals surface area (Å²) < 4.78 is 0. The van der Waals surface area contributed by atoms with Crippen LogP contribution in [-0.2, 0) is 6.42 Å². The van der Waals surface area contributed by atoms with Crippen molar-refractivity contribution in [3.63, 3.8) is 0 Å². The molecule has 2 N–H and O–H groups in total. The minimum Gasteiger partial charge on any atom is -0.508 e. The molecular formula is C19H21ClN2O3. The molecule has 6 heteroatoms. The fourth-order valence-corrected chi connectivity index (χ4v) is 3.50. The molecule has 0 saturated carbocycles. The Kier molecular flexibility index (Phi) is 5.43. The van der Waals surface area contributed by atoms with Gasteiger partial charge in [0.2, 0.25) is 0 Å². The summed E-state index contributed by atoms with van der Waals surface area (Å²) in [6.07, 6.45) is 5.99. The third-order valence-corrected chi connectivity index (χ3v) is 4.91. The highest BCUT2D eigenvalue weighted by molar-refractivity contribution is 6.30. The van der Waals surface area contributed by atoms with Crippen molar-refractivity contribution in [2.45, 2.75) is 38.1 Å². The number of halogens is 1. The summed E-state index contributed by atoms with van der Waals surface area (Å²) in [6.45, 7) is 0.658. The van der Waals surface area contributed by atoms with Gasteiger partial charge in [-0.05, 0) is 55.9 Å². The molecule has 1 aliphatic rings. The molecule has 2 heterocycles. The van der Waals surface area contributed by atoms with E-state index in [0.717, 1.165) is 37.7 Å². The van der Waals surface area contributed by atoms with Gasteiger partial charge in [0.05, 0.1) is 5.02 Å². The number of nitrogens with one attached hydrogen (secondary N) is 1. The molecule has 3 rings (SSSR count). The standard InChI is InChI=1S/C19H21ClN2O3/c20-14-11-17(18(24)21-12-14)19(25)22-10-2-1-3-15(22)7-4-13-5-8-16(23)9-6-13/h5-6,8-9,11-12,15,23H,1-4,7,10H2,(H,21,24). The molecule has 1 unspecified atom stereocenters. The fraction of sp³-hybridized carbons (Fsp3) is 0.368. The average molecular weight is 361 g/mol. The summed E-state index contributed by atoms with van der Waals surface area (Å²) in [5.74, 6) is -0.00226. The van der Waals surface area contributed by atoms with E-state index in [0.29, 0.717) is 11.6 Å². The van der Waals surface area contributed by atoms with Crippen LogP contribution in [0.5, 0.6) is 5.75 Å². The monoisotopic (exact) mass is 360 g/mol. The van der Waals surface area contributed by atoms with Crippen LogP contribution < -0.4 is 5.56 Å². The van der Waals surface area contributed by atoms with Gasteiger partial charge >= 0.3 is 0 Å². The Morgan fingerprint density at radius 3 is 2.80 bits per heavy atom. The minimum atomic E-state index is -0.405. The smallest absolute Gasteiger partial charge is 0.260 e. The molecule has 1 amide bonds. The van der Waals surface area contributed by atoms with Crippen molar-refractivity contribution < 1.29 is 9.90 Å². The van der Waals surface area contributed by atoms with Crippen LogP contribution >= 0.6 is 11.6 Å². The average Bonchev–Trinajstić information content (AvgIpc) is 2.63. The highest BCUT2D eigenvalue weighted by Crippen LogP contribution is 2.24. The van der Waals surface area contributed by atoms with Crippen molar-refractivity contribution in [3.05, 3.63) is 63.0 Å². The van der Waals surface area contributed by atoms with Gasteiger partial charge in [-0.3, -0.25) is 9.59 Å². The predicted octanol–water partition coefficient (Wildman–Crippen LogP) is 3.36. The predicted molar refractivity (Wildman–Crippen MR) is 97.2 cm³/mol. The zero-order valence-corrected chi connectivity index (χ0v) is 14.6. The Labute approximate surface area is 151 Å². The van der Waals surface area contributed by atoms with Crippen molar-refractivity contribution in [2.24, 2.45) is 0 Å². The first kappa shape index (κ1) is 17.5. The maximum atomic E-state index is 12.9. The minimum absolute atomic E-state index is 0.101. The van der Waals surface area contributed by atoms with E-state index in [9.17, 15) is 14.7 Å². The number of phenols is 1. The van der Waals surface area contributed by atoms with Crippen molar-refractivity contribution in [1.82, 2.24) is 9.88 Å². The Morgan fingerprint density at radius 2 is 2.04 bits per heavy atom. The molecule has 1 saturated heterocycles. The van der Waals surface area contributed by atoms with E-state index >= 15 is 0 Å². The van der Waals surface area contributed by atoms with Crippen LogP contribution in [0.25, 0.3) is 0 Å². The number of likely N-dealkylation sites (tertiary alicyclic amines) is 1. The number of benzene rings is 1. The summed E-state index contributed by atoms with van der Waals surface area (Å²) in [4.78, 5) is 29.2. The number of piperidine rings is 1. The van der Waals surface area contributed by atoms with Crippen LogP contribution in [0.2, 0.25) is 5.02 Å². The number of pyridine rings is 1. The molecule has 1 fully saturated rings. The number of amides is 1. The Hall–Kier alpha value is -2.27. The van der Waals surface area contributed by atoms with Crippen molar-refractivity contribution in [3.8, 4) is 5.75 Å². The van der Waals surface area contributed by atoms with Crippen LogP contribution in [0.4, 0.5) is 0 Å². The first-order chi connectivity index (χ1) is 12.0. The lowest BCUT2D eigenvalue weighted by Crippen LogP contribution is -2.45. The van der Waals surface area contributed by atoms with E-state index in [2.05, 4.69) is 4.98 Å². The highest BCUT2D eigenvalue weighted by Gasteiger charge is 2.28. The lowest BCUT2D eigenvalue weighted by Gasteiger charge is -2.36. The quantitative estimate of drug-likeness (QED) is 0.878. The molecular weight excluding hydrogens is 340 g/mol. The van der Waals surface area contributed by atoms with Gasteiger partial charge in [-0.15, -0.1) is 0 Å². The molecule has 5 nitrogen and oxygen atoms in total. The topological polar surface area (TPSA) is 73.4 Å². The number of H-pyrrole nitrogens is 1. The van der Waals surface area contributed by atoms with Gasteiger partial charge in [-0.1, -0.05) is 23.7 Å². The fourth-order valence-electron chi connectivity index (χ4n) is 3.33. The molecule has 132 valence electrons. The Morgan fingerprint density at radius 1 is 1.28 bits per heavy atom. The van der Waals surface area contributed by atoms with Gasteiger partial charge in [-0.25, -0.2) is 0 Å². The van der Waals surface area contributed by atoms with Crippen LogP contribution in [0.1, 0.15) is 41.6 Å². The van der Waals surface area contributed by atoms with E-state index in [4.69, 9.17) is 11.6 Å². The SMILES string of the molecule is O=C(c1cc(Cl)c[nH]c1=O)N1CCCCC1CCc1ccc(O)cc1. The largest absolute Gasteiger partial charge is 0.508 e. The lowest BCUT2D eigenvalue weighted by molar-refractivity contribution is 0.0600. The number of aromatic amines is 1. The normalized spacial score (nSPS) is 17.5. The second-order valence-corrected chi connectivity index (χ2v) is 6.85. The lowest BCUT2D eigenvalue weighted by atomic mass is 9.95. The number of carbonyl (C=O) groups excluding carboxylic acids is 1. The maximum absolute atomic E-state index is 12.9. The Balaban J connectivity index is 1.74. The number of nitrogens with zero attached hydrogens (tertiary/aromatic N) is 1. The molecule has 1 aromatic heterocycles. The maximum Gasteiger partial charge on any atom is 0.260 e. The zero-order valence-electron chi connectivity index (χ0n) is 13.9. The number of aromatic nitrogens is 1. The summed E-state index contributed by atoms with van der Waals surface area (Å²) in [6, 6.07) is 8.68. The van der Waals surface area contributed by atoms with Crippen molar-refractivity contribution in [1.29, 1.82) is 0 Å². The van der Waals surface area contributed by atoms with E-state index in [1.807, 2.05) is 17.0 Å². The molecule has 25 heavy (non-hydrogen) atoms. The summed E-state index contributed by atoms with van der Waals surface area (Å²) in [5.41, 5.74) is 0.817. The Bertz CT molecular complexity index is 801. The third-order valence-electron chi connectivity index (χ3n) is 4.69. The van der Waals surface area contributed by atoms with E-state index in [-0.39, 0.29) is 23.3 Å². The van der Waals surface area contributed by atoms with Gasteiger partial charge in [0.15, 0.2) is 0 Å². The molecule has 0 bridgehead atoms. The first-order valence-electron chi connectivity index (χ1n) is 8.51. The number of aryl methyl sites for hydroxylation is 1. The van der Waals surface area contributed by atoms with E-state index in [1.165, 1.54) is 12.3 Å². The van der Waals surface area contributed by atoms with Gasteiger partial charge in [0, 0.05) is 18.8 Å². The molecule has 2 aromatic rings. The van der Waals surface area contributed by atoms with Crippen LogP contribution in [0.15, 0.2) is 41.3 Å². The van der Waals surface area contributed by atoms with Gasteiger partial charge in [-0.2, -0.15) is 0 Å². The number of carbonyl (C=O) groups is 1. The second kappa shape index (κ2) is 7.74.